The van der Waals surface area contributed by atoms with Crippen molar-refractivity contribution in [1.29, 1.82) is 0 Å². The number of nitrogens with one attached hydrogen (secondary N) is 2. The van der Waals surface area contributed by atoms with Crippen LogP contribution < -0.4 is 10.6 Å². The molecule has 0 saturated carbocycles. The lowest BCUT2D eigenvalue weighted by molar-refractivity contribution is -0.384. The number of benzene rings is 1. The molecule has 0 radical (unpaired) electrons. The molecule has 2 rings (SSSR count). The third kappa shape index (κ3) is 3.76. The van der Waals surface area contributed by atoms with Crippen LogP contribution in [0.15, 0.2) is 35.1 Å². The summed E-state index contributed by atoms with van der Waals surface area (Å²) in [5, 5.41) is 17.7. The number of aliphatic imine (C=N–C) groups is 1. The average Bonchev–Trinajstić information content (AvgIpc) is 2.87. The van der Waals surface area contributed by atoms with Gasteiger partial charge in [-0.2, -0.15) is 0 Å². The van der Waals surface area contributed by atoms with Gasteiger partial charge in [-0.25, -0.2) is 4.98 Å². The first-order chi connectivity index (χ1) is 10.1. The van der Waals surface area contributed by atoms with Gasteiger partial charge < -0.3 is 10.6 Å². The maximum Gasteiger partial charge on any atom is 0.270 e. The predicted octanol–water partition coefficient (Wildman–Crippen LogP) is 2.77. The van der Waals surface area contributed by atoms with Crippen molar-refractivity contribution in [1.82, 2.24) is 10.3 Å². The number of fused-ring (bicyclic) bond motifs is 1. The largest absolute Gasteiger partial charge is 0.390 e. The molecular weight excluding hydrogens is 290 g/mol. The van der Waals surface area contributed by atoms with Gasteiger partial charge in [-0.3, -0.25) is 15.1 Å². The average molecular weight is 305 g/mol. The molecule has 0 aliphatic heterocycles. The summed E-state index contributed by atoms with van der Waals surface area (Å²) >= 11 is 1.40. The van der Waals surface area contributed by atoms with E-state index in [0.717, 1.165) is 27.5 Å². The summed E-state index contributed by atoms with van der Waals surface area (Å²) in [7, 11) is 1.83. The Morgan fingerprint density at radius 1 is 1.62 bits per heavy atom. The van der Waals surface area contributed by atoms with Crippen LogP contribution in [0.5, 0.6) is 0 Å². The monoisotopic (exact) mass is 305 g/mol. The summed E-state index contributed by atoms with van der Waals surface area (Å²) in [6.07, 6.45) is 2.43. The zero-order valence-corrected chi connectivity index (χ0v) is 12.3. The number of thiazole rings is 1. The molecule has 2 aromatic rings. The quantitative estimate of drug-likeness (QED) is 0.466. The summed E-state index contributed by atoms with van der Waals surface area (Å²) in [4.78, 5) is 18.4. The van der Waals surface area contributed by atoms with Gasteiger partial charge in [0.15, 0.2) is 5.13 Å². The van der Waals surface area contributed by atoms with E-state index in [1.807, 2.05) is 7.05 Å². The lowest BCUT2D eigenvalue weighted by Gasteiger charge is -2.05. The molecule has 8 heteroatoms. The number of anilines is 1. The van der Waals surface area contributed by atoms with E-state index in [0.29, 0.717) is 6.54 Å². The van der Waals surface area contributed by atoms with Crippen molar-refractivity contribution in [2.45, 2.75) is 6.42 Å². The van der Waals surface area contributed by atoms with Crippen LogP contribution in [0.3, 0.4) is 0 Å². The van der Waals surface area contributed by atoms with Crippen molar-refractivity contribution in [2.75, 3.05) is 18.9 Å². The molecule has 1 heterocycles. The fourth-order valence-electron chi connectivity index (χ4n) is 1.77. The normalized spacial score (nSPS) is 11.4. The summed E-state index contributed by atoms with van der Waals surface area (Å²) in [5.41, 5.74) is 1.80. The zero-order valence-electron chi connectivity index (χ0n) is 11.5. The van der Waals surface area contributed by atoms with E-state index in [4.69, 9.17) is 0 Å². The fraction of sp³-hybridized carbons (Fsp3) is 0.231. The zero-order chi connectivity index (χ0) is 15.2. The minimum atomic E-state index is -0.404. The molecule has 0 bridgehead atoms. The summed E-state index contributed by atoms with van der Waals surface area (Å²) in [6.45, 7) is 4.10. The molecular formula is C13H15N5O2S. The lowest BCUT2D eigenvalue weighted by atomic mass is 10.3. The van der Waals surface area contributed by atoms with Crippen LogP contribution in [-0.4, -0.2) is 30.2 Å². The second-order valence-corrected chi connectivity index (χ2v) is 5.22. The number of hydrogen-bond donors (Lipinski definition) is 2. The van der Waals surface area contributed by atoms with E-state index in [1.54, 1.807) is 18.3 Å². The third-order valence-corrected chi connectivity index (χ3v) is 3.80. The van der Waals surface area contributed by atoms with E-state index in [-0.39, 0.29) is 5.69 Å². The van der Waals surface area contributed by atoms with E-state index < -0.39 is 4.92 Å². The minimum absolute atomic E-state index is 0.0789. The first-order valence-corrected chi connectivity index (χ1v) is 7.07. The molecule has 0 aliphatic rings. The van der Waals surface area contributed by atoms with Gasteiger partial charge in [0.2, 0.25) is 0 Å². The van der Waals surface area contributed by atoms with E-state index >= 15 is 0 Å². The molecule has 110 valence electrons. The van der Waals surface area contributed by atoms with Crippen LogP contribution in [0.25, 0.3) is 10.2 Å². The highest BCUT2D eigenvalue weighted by molar-refractivity contribution is 7.22. The Kier molecular flexibility index (Phi) is 4.83. The molecule has 1 aromatic heterocycles. The second-order valence-electron chi connectivity index (χ2n) is 4.19. The number of non-ortho nitro benzene ring substituents is 1. The molecule has 21 heavy (non-hydrogen) atoms. The third-order valence-electron chi connectivity index (χ3n) is 2.82. The Labute approximate surface area is 125 Å². The number of rotatable bonds is 7. The number of aromatic nitrogens is 1. The Morgan fingerprint density at radius 2 is 2.43 bits per heavy atom. The first-order valence-electron chi connectivity index (χ1n) is 6.25. The second kappa shape index (κ2) is 6.80. The minimum Gasteiger partial charge on any atom is -0.390 e. The maximum atomic E-state index is 10.7. The molecule has 2 N–H and O–H groups in total. The number of nitro groups is 1. The van der Waals surface area contributed by atoms with Crippen molar-refractivity contribution in [3.63, 3.8) is 0 Å². The van der Waals surface area contributed by atoms with Crippen LogP contribution in [0.4, 0.5) is 10.8 Å². The van der Waals surface area contributed by atoms with Crippen molar-refractivity contribution in [2.24, 2.45) is 4.99 Å². The highest BCUT2D eigenvalue weighted by Gasteiger charge is 2.10. The van der Waals surface area contributed by atoms with Gasteiger partial charge in [-0.1, -0.05) is 11.3 Å². The lowest BCUT2D eigenvalue weighted by Crippen LogP contribution is -2.11. The molecule has 0 aliphatic carbocycles. The van der Waals surface area contributed by atoms with E-state index in [1.165, 1.54) is 17.4 Å². The van der Waals surface area contributed by atoms with Crippen LogP contribution in [0.1, 0.15) is 6.42 Å². The Hall–Kier alpha value is -2.48. The van der Waals surface area contributed by atoms with Gasteiger partial charge in [-0.15, -0.1) is 0 Å². The van der Waals surface area contributed by atoms with Crippen molar-refractivity contribution >= 4 is 39.1 Å². The van der Waals surface area contributed by atoms with Crippen LogP contribution in [0, 0.1) is 10.1 Å². The standard InChI is InChI=1S/C13H15N5O2S/c1-14-8-9(15-2)5-6-16-13-17-11-4-3-10(18(19)20)7-12(11)21-13/h3-4,7-8,15H,1,5-6H2,2H3,(H,16,17)/b9-8-. The fourth-order valence-corrected chi connectivity index (χ4v) is 2.70. The van der Waals surface area contributed by atoms with Gasteiger partial charge >= 0.3 is 0 Å². The SMILES string of the molecule is C=N/C=C(/CCNc1nc2ccc([N+](=O)[O-])cc2s1)NC. The highest BCUT2D eigenvalue weighted by atomic mass is 32.1. The van der Waals surface area contributed by atoms with Gasteiger partial charge in [0, 0.05) is 44.0 Å². The van der Waals surface area contributed by atoms with Gasteiger partial charge in [-0.05, 0) is 12.8 Å². The van der Waals surface area contributed by atoms with Crippen molar-refractivity contribution in [3.05, 3.63) is 40.2 Å². The van der Waals surface area contributed by atoms with Crippen molar-refractivity contribution < 1.29 is 4.92 Å². The smallest absolute Gasteiger partial charge is 0.270 e. The molecule has 0 atom stereocenters. The van der Waals surface area contributed by atoms with Crippen LogP contribution in [0.2, 0.25) is 0 Å². The maximum absolute atomic E-state index is 10.7. The Balaban J connectivity index is 2.04. The van der Waals surface area contributed by atoms with E-state index in [2.05, 4.69) is 27.3 Å². The molecule has 7 nitrogen and oxygen atoms in total. The summed E-state index contributed by atoms with van der Waals surface area (Å²) < 4.78 is 0.795. The van der Waals surface area contributed by atoms with Gasteiger partial charge in [0.05, 0.1) is 15.1 Å². The highest BCUT2D eigenvalue weighted by Crippen LogP contribution is 2.29. The number of nitro benzene ring substituents is 1. The van der Waals surface area contributed by atoms with Gasteiger partial charge in [0.1, 0.15) is 0 Å². The molecule has 1 aromatic carbocycles. The molecule has 0 spiro atoms. The summed E-state index contributed by atoms with van der Waals surface area (Å²) in [5.74, 6) is 0. The molecule has 0 saturated heterocycles. The number of hydrogen-bond acceptors (Lipinski definition) is 7. The van der Waals surface area contributed by atoms with Crippen LogP contribution in [-0.2, 0) is 0 Å². The predicted molar refractivity (Wildman–Crippen MR) is 86.1 cm³/mol. The Morgan fingerprint density at radius 3 is 3.10 bits per heavy atom. The first kappa shape index (κ1) is 14.9. The molecule has 0 unspecified atom stereocenters. The number of nitrogens with zero attached hydrogens (tertiary/aromatic N) is 3. The van der Waals surface area contributed by atoms with E-state index in [9.17, 15) is 10.1 Å². The van der Waals surface area contributed by atoms with Crippen LogP contribution >= 0.6 is 11.3 Å². The van der Waals surface area contributed by atoms with Gasteiger partial charge in [0.25, 0.3) is 5.69 Å². The molecule has 0 amide bonds. The Bertz CT molecular complexity index is 695. The summed E-state index contributed by atoms with van der Waals surface area (Å²) in [6, 6.07) is 4.66. The topological polar surface area (TPSA) is 92.5 Å². The molecule has 0 fully saturated rings. The van der Waals surface area contributed by atoms with Crippen molar-refractivity contribution in [3.8, 4) is 0 Å².